The molecule has 0 aliphatic carbocycles. The zero-order valence-corrected chi connectivity index (χ0v) is 8.72. The van der Waals surface area contributed by atoms with Crippen LogP contribution in [0.15, 0.2) is 18.2 Å². The van der Waals surface area contributed by atoms with Crippen molar-refractivity contribution in [2.45, 2.75) is 26.2 Å². The van der Waals surface area contributed by atoms with Crippen LogP contribution in [-0.2, 0) is 4.79 Å². The molecule has 1 aromatic rings. The van der Waals surface area contributed by atoms with Crippen LogP contribution in [0, 0.1) is 5.82 Å². The van der Waals surface area contributed by atoms with E-state index in [0.29, 0.717) is 12.1 Å². The summed E-state index contributed by atoms with van der Waals surface area (Å²) < 4.78 is 12.8. The van der Waals surface area contributed by atoms with Gasteiger partial charge < -0.3 is 11.1 Å². The van der Waals surface area contributed by atoms with E-state index in [1.165, 1.54) is 18.2 Å². The number of hydrogen-bond acceptors (Lipinski definition) is 2. The van der Waals surface area contributed by atoms with Crippen LogP contribution < -0.4 is 11.1 Å². The van der Waals surface area contributed by atoms with E-state index in [1.54, 1.807) is 0 Å². The van der Waals surface area contributed by atoms with Gasteiger partial charge in [-0.15, -0.1) is 0 Å². The van der Waals surface area contributed by atoms with Crippen LogP contribution in [0.5, 0.6) is 0 Å². The SMILES string of the molecule is CCCCC(=O)Nc1ccc(F)c(N)c1. The first-order chi connectivity index (χ1) is 7.13. The number of benzene rings is 1. The minimum absolute atomic E-state index is 0.0447. The first-order valence-electron chi connectivity index (χ1n) is 4.98. The summed E-state index contributed by atoms with van der Waals surface area (Å²) in [6.45, 7) is 2.02. The molecule has 0 heterocycles. The number of rotatable bonds is 4. The number of anilines is 2. The highest BCUT2D eigenvalue weighted by atomic mass is 19.1. The van der Waals surface area contributed by atoms with Crippen molar-refractivity contribution < 1.29 is 9.18 Å². The second-order valence-corrected chi connectivity index (χ2v) is 3.39. The topological polar surface area (TPSA) is 55.1 Å². The average molecular weight is 210 g/mol. The van der Waals surface area contributed by atoms with Crippen molar-refractivity contribution in [3.63, 3.8) is 0 Å². The van der Waals surface area contributed by atoms with E-state index in [0.717, 1.165) is 12.8 Å². The van der Waals surface area contributed by atoms with Gasteiger partial charge in [0.1, 0.15) is 5.82 Å². The lowest BCUT2D eigenvalue weighted by molar-refractivity contribution is -0.116. The van der Waals surface area contributed by atoms with E-state index in [2.05, 4.69) is 5.32 Å². The second kappa shape index (κ2) is 5.34. The Labute approximate surface area is 88.5 Å². The molecule has 4 heteroatoms. The van der Waals surface area contributed by atoms with Gasteiger partial charge in [0.2, 0.25) is 5.91 Å². The van der Waals surface area contributed by atoms with E-state index in [1.807, 2.05) is 6.92 Å². The molecule has 0 bridgehead atoms. The van der Waals surface area contributed by atoms with Gasteiger partial charge >= 0.3 is 0 Å². The van der Waals surface area contributed by atoms with Crippen molar-refractivity contribution in [3.05, 3.63) is 24.0 Å². The third kappa shape index (κ3) is 3.58. The Morgan fingerprint density at radius 2 is 2.27 bits per heavy atom. The standard InChI is InChI=1S/C11H15FN2O/c1-2-3-4-11(15)14-8-5-6-9(12)10(13)7-8/h5-7H,2-4,13H2,1H3,(H,14,15). The Morgan fingerprint density at radius 1 is 1.53 bits per heavy atom. The highest BCUT2D eigenvalue weighted by molar-refractivity contribution is 5.91. The summed E-state index contributed by atoms with van der Waals surface area (Å²) in [7, 11) is 0. The van der Waals surface area contributed by atoms with Crippen molar-refractivity contribution in [1.82, 2.24) is 0 Å². The first-order valence-corrected chi connectivity index (χ1v) is 4.98. The molecule has 0 atom stereocenters. The van der Waals surface area contributed by atoms with Gasteiger partial charge in [-0.2, -0.15) is 0 Å². The lowest BCUT2D eigenvalue weighted by Gasteiger charge is -2.05. The molecular weight excluding hydrogens is 195 g/mol. The summed E-state index contributed by atoms with van der Waals surface area (Å²) in [5, 5.41) is 2.66. The molecule has 0 saturated heterocycles. The first kappa shape index (κ1) is 11.5. The molecule has 0 fully saturated rings. The largest absolute Gasteiger partial charge is 0.396 e. The summed E-state index contributed by atoms with van der Waals surface area (Å²) >= 11 is 0. The highest BCUT2D eigenvalue weighted by Gasteiger charge is 2.03. The molecule has 3 nitrogen and oxygen atoms in total. The quantitative estimate of drug-likeness (QED) is 0.750. The zero-order valence-electron chi connectivity index (χ0n) is 8.72. The fourth-order valence-electron chi connectivity index (χ4n) is 1.18. The number of amides is 1. The van der Waals surface area contributed by atoms with Crippen molar-refractivity contribution in [2.24, 2.45) is 0 Å². The molecular formula is C11H15FN2O. The third-order valence-corrected chi connectivity index (χ3v) is 2.04. The maximum Gasteiger partial charge on any atom is 0.224 e. The number of nitrogen functional groups attached to an aromatic ring is 1. The summed E-state index contributed by atoms with van der Waals surface area (Å²) in [4.78, 5) is 11.3. The van der Waals surface area contributed by atoms with E-state index < -0.39 is 5.82 Å². The maximum absolute atomic E-state index is 12.8. The Morgan fingerprint density at radius 3 is 2.87 bits per heavy atom. The number of hydrogen-bond donors (Lipinski definition) is 2. The summed E-state index contributed by atoms with van der Waals surface area (Å²) in [6.07, 6.45) is 2.30. The molecule has 0 unspecified atom stereocenters. The van der Waals surface area contributed by atoms with Gasteiger partial charge in [0.05, 0.1) is 5.69 Å². The minimum Gasteiger partial charge on any atom is -0.396 e. The molecule has 0 radical (unpaired) electrons. The van der Waals surface area contributed by atoms with Crippen LogP contribution in [0.2, 0.25) is 0 Å². The molecule has 3 N–H and O–H groups in total. The van der Waals surface area contributed by atoms with Gasteiger partial charge in [0, 0.05) is 12.1 Å². The van der Waals surface area contributed by atoms with E-state index in [9.17, 15) is 9.18 Å². The molecule has 0 aliphatic heterocycles. The minimum atomic E-state index is -0.471. The Kier molecular flexibility index (Phi) is 4.09. The monoisotopic (exact) mass is 210 g/mol. The van der Waals surface area contributed by atoms with Gasteiger partial charge in [-0.1, -0.05) is 13.3 Å². The number of nitrogens with one attached hydrogen (secondary N) is 1. The molecule has 1 rings (SSSR count). The normalized spacial score (nSPS) is 10.0. The van der Waals surface area contributed by atoms with Gasteiger partial charge in [-0.25, -0.2) is 4.39 Å². The van der Waals surface area contributed by atoms with Crippen LogP contribution in [0.1, 0.15) is 26.2 Å². The fraction of sp³-hybridized carbons (Fsp3) is 0.364. The predicted octanol–water partition coefficient (Wildman–Crippen LogP) is 2.54. The summed E-state index contributed by atoms with van der Waals surface area (Å²) in [5.74, 6) is -0.538. The van der Waals surface area contributed by atoms with E-state index >= 15 is 0 Å². The van der Waals surface area contributed by atoms with Crippen molar-refractivity contribution in [3.8, 4) is 0 Å². The zero-order chi connectivity index (χ0) is 11.3. The average Bonchev–Trinajstić information content (AvgIpc) is 2.20. The molecule has 0 aromatic heterocycles. The number of halogens is 1. The number of carbonyl (C=O) groups excluding carboxylic acids is 1. The van der Waals surface area contributed by atoms with Crippen LogP contribution in [0.3, 0.4) is 0 Å². The van der Waals surface area contributed by atoms with Gasteiger partial charge in [-0.3, -0.25) is 4.79 Å². The van der Waals surface area contributed by atoms with E-state index in [-0.39, 0.29) is 11.6 Å². The fourth-order valence-corrected chi connectivity index (χ4v) is 1.18. The number of nitrogens with two attached hydrogens (primary N) is 1. The Hall–Kier alpha value is -1.58. The third-order valence-electron chi connectivity index (χ3n) is 2.04. The Balaban J connectivity index is 2.57. The van der Waals surface area contributed by atoms with Crippen LogP contribution in [0.25, 0.3) is 0 Å². The Bertz CT molecular complexity index is 352. The second-order valence-electron chi connectivity index (χ2n) is 3.39. The van der Waals surface area contributed by atoms with E-state index in [4.69, 9.17) is 5.73 Å². The van der Waals surface area contributed by atoms with Crippen LogP contribution in [-0.4, -0.2) is 5.91 Å². The summed E-state index contributed by atoms with van der Waals surface area (Å²) in [6, 6.07) is 4.15. The van der Waals surface area contributed by atoms with Crippen LogP contribution >= 0.6 is 0 Å². The lowest BCUT2D eigenvalue weighted by Crippen LogP contribution is -2.11. The van der Waals surface area contributed by atoms with Gasteiger partial charge in [0.15, 0.2) is 0 Å². The molecule has 1 amide bonds. The smallest absolute Gasteiger partial charge is 0.224 e. The van der Waals surface area contributed by atoms with Gasteiger partial charge in [-0.05, 0) is 24.6 Å². The summed E-state index contributed by atoms with van der Waals surface area (Å²) in [5.41, 5.74) is 5.95. The lowest BCUT2D eigenvalue weighted by atomic mass is 10.2. The molecule has 0 aliphatic rings. The molecule has 0 saturated carbocycles. The molecule has 82 valence electrons. The predicted molar refractivity (Wildman–Crippen MR) is 59.0 cm³/mol. The molecule has 0 spiro atoms. The van der Waals surface area contributed by atoms with Crippen molar-refractivity contribution >= 4 is 17.3 Å². The van der Waals surface area contributed by atoms with Crippen LogP contribution in [0.4, 0.5) is 15.8 Å². The maximum atomic E-state index is 12.8. The van der Waals surface area contributed by atoms with Gasteiger partial charge in [0.25, 0.3) is 0 Å². The number of carbonyl (C=O) groups is 1. The van der Waals surface area contributed by atoms with Crippen molar-refractivity contribution in [2.75, 3.05) is 11.1 Å². The van der Waals surface area contributed by atoms with Crippen molar-refractivity contribution in [1.29, 1.82) is 0 Å². The highest BCUT2D eigenvalue weighted by Crippen LogP contribution is 2.16. The number of unbranched alkanes of at least 4 members (excludes halogenated alkanes) is 1. The molecule has 15 heavy (non-hydrogen) atoms. The molecule has 1 aromatic carbocycles.